The van der Waals surface area contributed by atoms with Crippen LogP contribution in [0.15, 0.2) is 91.1 Å². The highest BCUT2D eigenvalue weighted by Crippen LogP contribution is 2.35. The zero-order chi connectivity index (χ0) is 21.7. The van der Waals surface area contributed by atoms with Crippen LogP contribution < -0.4 is 4.74 Å². The second-order valence-corrected chi connectivity index (χ2v) is 7.83. The lowest BCUT2D eigenvalue weighted by Crippen LogP contribution is -1.97. The molecule has 0 fully saturated rings. The number of hydrogen-bond acceptors (Lipinski definition) is 4. The zero-order valence-electron chi connectivity index (χ0n) is 17.4. The van der Waals surface area contributed by atoms with E-state index in [-0.39, 0.29) is 5.75 Å². The molecular weight excluding hydrogens is 398 g/mol. The van der Waals surface area contributed by atoms with Gasteiger partial charge in [-0.15, -0.1) is 0 Å². The number of nitrogens with zero attached hydrogens (tertiary/aromatic N) is 3. The van der Waals surface area contributed by atoms with Gasteiger partial charge in [0.25, 0.3) is 0 Å². The van der Waals surface area contributed by atoms with Crippen LogP contribution in [0.4, 0.5) is 0 Å². The number of ether oxygens (including phenoxy) is 1. The zero-order valence-corrected chi connectivity index (χ0v) is 17.4. The van der Waals surface area contributed by atoms with Crippen molar-refractivity contribution in [2.45, 2.75) is 6.92 Å². The molecule has 0 atom stereocenters. The Kier molecular flexibility index (Phi) is 4.08. The summed E-state index contributed by atoms with van der Waals surface area (Å²) in [5.74, 6) is 2.08. The van der Waals surface area contributed by atoms with Crippen LogP contribution in [0.25, 0.3) is 38.5 Å². The summed E-state index contributed by atoms with van der Waals surface area (Å²) in [5, 5.41) is 13.3. The minimum absolute atomic E-state index is 0.133. The number of phenols is 1. The Hall–Kier alpha value is -4.38. The normalized spacial score (nSPS) is 11.4. The molecule has 154 valence electrons. The van der Waals surface area contributed by atoms with Gasteiger partial charge in [-0.2, -0.15) is 0 Å². The molecule has 0 spiro atoms. The van der Waals surface area contributed by atoms with E-state index in [1.54, 1.807) is 12.1 Å². The third kappa shape index (κ3) is 2.94. The van der Waals surface area contributed by atoms with Crippen molar-refractivity contribution >= 4 is 32.7 Å². The largest absolute Gasteiger partial charge is 0.506 e. The van der Waals surface area contributed by atoms with Crippen molar-refractivity contribution in [3.63, 3.8) is 0 Å². The van der Waals surface area contributed by atoms with Crippen molar-refractivity contribution in [2.75, 3.05) is 0 Å². The van der Waals surface area contributed by atoms with E-state index in [1.165, 1.54) is 0 Å². The average Bonchev–Trinajstić information content (AvgIpc) is 3.14. The summed E-state index contributed by atoms with van der Waals surface area (Å²) in [6.45, 7) is 2.03. The summed E-state index contributed by atoms with van der Waals surface area (Å²) in [6.07, 6.45) is 1.88. The fourth-order valence-corrected chi connectivity index (χ4v) is 4.14. The minimum Gasteiger partial charge on any atom is -0.506 e. The lowest BCUT2D eigenvalue weighted by atomic mass is 10.1. The number of hydrogen-bond donors (Lipinski definition) is 1. The molecule has 5 heteroatoms. The molecule has 6 rings (SSSR count). The van der Waals surface area contributed by atoms with Crippen LogP contribution >= 0.6 is 0 Å². The summed E-state index contributed by atoms with van der Waals surface area (Å²) >= 11 is 0. The second kappa shape index (κ2) is 7.10. The monoisotopic (exact) mass is 417 g/mol. The molecule has 0 aliphatic carbocycles. The molecule has 0 saturated heterocycles. The molecule has 0 aliphatic heterocycles. The van der Waals surface area contributed by atoms with Gasteiger partial charge in [-0.25, -0.2) is 9.97 Å². The van der Waals surface area contributed by atoms with Crippen molar-refractivity contribution in [3.8, 4) is 23.2 Å². The van der Waals surface area contributed by atoms with Gasteiger partial charge in [0, 0.05) is 34.5 Å². The van der Waals surface area contributed by atoms with Gasteiger partial charge >= 0.3 is 0 Å². The maximum absolute atomic E-state index is 10.1. The van der Waals surface area contributed by atoms with Crippen LogP contribution in [0.3, 0.4) is 0 Å². The van der Waals surface area contributed by atoms with Gasteiger partial charge in [-0.3, -0.25) is 4.57 Å². The highest BCUT2D eigenvalue weighted by atomic mass is 16.5. The highest BCUT2D eigenvalue weighted by Gasteiger charge is 2.14. The summed E-state index contributed by atoms with van der Waals surface area (Å²) in [4.78, 5) is 9.15. The summed E-state index contributed by atoms with van der Waals surface area (Å²) in [7, 11) is 0. The first-order valence-corrected chi connectivity index (χ1v) is 10.4. The van der Waals surface area contributed by atoms with E-state index in [0.717, 1.165) is 38.6 Å². The Morgan fingerprint density at radius 3 is 2.56 bits per heavy atom. The smallest absolute Gasteiger partial charge is 0.219 e. The van der Waals surface area contributed by atoms with Gasteiger partial charge in [0.1, 0.15) is 22.8 Å². The van der Waals surface area contributed by atoms with Crippen molar-refractivity contribution < 1.29 is 9.84 Å². The number of aromatic nitrogens is 3. The topological polar surface area (TPSA) is 60.2 Å². The summed E-state index contributed by atoms with van der Waals surface area (Å²) in [6, 6.07) is 27.4. The number of aryl methyl sites for hydroxylation is 1. The van der Waals surface area contributed by atoms with Crippen LogP contribution in [-0.4, -0.2) is 19.6 Å². The lowest BCUT2D eigenvalue weighted by molar-refractivity contribution is 0.460. The maximum Gasteiger partial charge on any atom is 0.219 e. The Bertz CT molecular complexity index is 1620. The number of fused-ring (bicyclic) bond motifs is 4. The van der Waals surface area contributed by atoms with Gasteiger partial charge in [-0.05, 0) is 48.9 Å². The van der Waals surface area contributed by atoms with E-state index in [9.17, 15) is 5.11 Å². The Labute approximate surface area is 184 Å². The molecule has 3 aromatic heterocycles. The predicted octanol–water partition coefficient (Wildman–Crippen LogP) is 6.53. The summed E-state index contributed by atoms with van der Waals surface area (Å²) < 4.78 is 8.25. The number of benzene rings is 3. The fourth-order valence-electron chi connectivity index (χ4n) is 4.14. The first-order chi connectivity index (χ1) is 15.7. The van der Waals surface area contributed by atoms with E-state index in [0.29, 0.717) is 17.1 Å². The number of pyridine rings is 2. The molecule has 3 aromatic carbocycles. The molecule has 3 heterocycles. The third-order valence-electron chi connectivity index (χ3n) is 5.67. The van der Waals surface area contributed by atoms with Crippen LogP contribution in [0.5, 0.6) is 17.4 Å². The van der Waals surface area contributed by atoms with Gasteiger partial charge in [-0.1, -0.05) is 36.4 Å². The molecule has 32 heavy (non-hydrogen) atoms. The van der Waals surface area contributed by atoms with Crippen LogP contribution in [0, 0.1) is 6.92 Å². The number of phenolic OH excluding ortho intramolecular Hbond substituents is 1. The first-order valence-electron chi connectivity index (χ1n) is 10.4. The molecule has 0 radical (unpaired) electrons. The Morgan fingerprint density at radius 1 is 0.812 bits per heavy atom. The maximum atomic E-state index is 10.1. The third-order valence-corrected chi connectivity index (χ3v) is 5.67. The molecule has 6 aromatic rings. The number of para-hydroxylation sites is 2. The van der Waals surface area contributed by atoms with E-state index in [2.05, 4.69) is 38.8 Å². The average molecular weight is 417 g/mol. The molecule has 5 nitrogen and oxygen atoms in total. The molecule has 1 N–H and O–H groups in total. The molecule has 0 bridgehead atoms. The highest BCUT2D eigenvalue weighted by molar-refractivity contribution is 6.09. The Morgan fingerprint density at radius 2 is 1.69 bits per heavy atom. The van der Waals surface area contributed by atoms with E-state index >= 15 is 0 Å². The van der Waals surface area contributed by atoms with Gasteiger partial charge in [0.2, 0.25) is 5.88 Å². The number of rotatable bonds is 3. The second-order valence-electron chi connectivity index (χ2n) is 7.83. The standard InChI is InChI=1S/C27H19N3O2/c1-17-9-13-25(28-16-17)30-22-7-3-2-6-20(22)21-12-11-19(15-23(21)30)32-26-14-10-18-5-4-8-24(31)27(18)29-26/h2-16,31H,1H3. The first kappa shape index (κ1) is 18.4. The van der Waals surface area contributed by atoms with E-state index < -0.39 is 0 Å². The number of aromatic hydroxyl groups is 1. The predicted molar refractivity (Wildman–Crippen MR) is 127 cm³/mol. The molecule has 0 unspecified atom stereocenters. The van der Waals surface area contributed by atoms with E-state index in [1.807, 2.05) is 61.7 Å². The van der Waals surface area contributed by atoms with E-state index in [4.69, 9.17) is 4.74 Å². The Balaban J connectivity index is 1.51. The van der Waals surface area contributed by atoms with Crippen molar-refractivity contribution in [3.05, 3.63) is 96.7 Å². The van der Waals surface area contributed by atoms with Crippen LogP contribution in [0.2, 0.25) is 0 Å². The molecule has 0 amide bonds. The van der Waals surface area contributed by atoms with Crippen LogP contribution in [-0.2, 0) is 0 Å². The SMILES string of the molecule is Cc1ccc(-n2c3ccccc3c3ccc(Oc4ccc5cccc(O)c5n4)cc32)nc1. The lowest BCUT2D eigenvalue weighted by Gasteiger charge is -2.09. The van der Waals surface area contributed by atoms with Crippen molar-refractivity contribution in [1.29, 1.82) is 0 Å². The van der Waals surface area contributed by atoms with Gasteiger partial charge in [0.15, 0.2) is 0 Å². The fraction of sp³-hybridized carbons (Fsp3) is 0.0370. The van der Waals surface area contributed by atoms with Crippen molar-refractivity contribution in [2.24, 2.45) is 0 Å². The van der Waals surface area contributed by atoms with Crippen LogP contribution in [0.1, 0.15) is 5.56 Å². The summed E-state index contributed by atoms with van der Waals surface area (Å²) in [5.41, 5.74) is 3.72. The van der Waals surface area contributed by atoms with Gasteiger partial charge < -0.3 is 9.84 Å². The quantitative estimate of drug-likeness (QED) is 0.355. The van der Waals surface area contributed by atoms with Gasteiger partial charge in [0.05, 0.1) is 11.0 Å². The minimum atomic E-state index is 0.133. The molecule has 0 aliphatic rings. The molecule has 0 saturated carbocycles. The van der Waals surface area contributed by atoms with Crippen molar-refractivity contribution in [1.82, 2.24) is 14.5 Å². The molecular formula is C27H19N3O2.